The van der Waals surface area contributed by atoms with Gasteiger partial charge in [0, 0.05) is 23.2 Å². The molecule has 1 aliphatic heterocycles. The molecule has 7 heteroatoms. The normalized spacial score (nSPS) is 16.0. The number of aromatic nitrogens is 1. The number of ether oxygens (including phenoxy) is 1. The fourth-order valence-electron chi connectivity index (χ4n) is 3.16. The number of nitrogens with one attached hydrogen (secondary N) is 1. The van der Waals surface area contributed by atoms with Crippen LogP contribution >= 0.6 is 0 Å². The summed E-state index contributed by atoms with van der Waals surface area (Å²) in [7, 11) is 0. The lowest BCUT2D eigenvalue weighted by molar-refractivity contribution is -0.124. The zero-order valence-corrected chi connectivity index (χ0v) is 14.5. The van der Waals surface area contributed by atoms with Crippen molar-refractivity contribution in [1.29, 1.82) is 0 Å². The van der Waals surface area contributed by atoms with Crippen molar-refractivity contribution >= 4 is 34.0 Å². The van der Waals surface area contributed by atoms with Crippen LogP contribution in [0.1, 0.15) is 6.92 Å². The molecule has 0 saturated carbocycles. The number of anilines is 2. The first kappa shape index (κ1) is 17.0. The van der Waals surface area contributed by atoms with Crippen molar-refractivity contribution in [2.24, 2.45) is 0 Å². The van der Waals surface area contributed by atoms with E-state index in [0.717, 1.165) is 10.8 Å². The molecule has 2 amide bonds. The molecule has 0 unspecified atom stereocenters. The molecular weight excluding hydrogens is 349 g/mol. The molecule has 0 spiro atoms. The number of hydrogen-bond donors (Lipinski definition) is 1. The summed E-state index contributed by atoms with van der Waals surface area (Å²) in [5.74, 6) is -0.706. The van der Waals surface area contributed by atoms with Crippen LogP contribution in [0.3, 0.4) is 0 Å². The average molecular weight is 365 g/mol. The van der Waals surface area contributed by atoms with E-state index >= 15 is 0 Å². The summed E-state index contributed by atoms with van der Waals surface area (Å²) in [6.45, 7) is 1.36. The molecule has 2 heterocycles. The Morgan fingerprint density at radius 2 is 2.15 bits per heavy atom. The lowest BCUT2D eigenvalue weighted by Gasteiger charge is -2.34. The first-order chi connectivity index (χ1) is 13.0. The summed E-state index contributed by atoms with van der Waals surface area (Å²) < 4.78 is 19.2. The molecule has 3 aromatic rings. The lowest BCUT2D eigenvalue weighted by Crippen LogP contribution is -2.50. The molecule has 1 atom stereocenters. The van der Waals surface area contributed by atoms with E-state index in [1.807, 2.05) is 18.2 Å². The molecule has 1 aliphatic rings. The van der Waals surface area contributed by atoms with Crippen molar-refractivity contribution in [2.45, 2.75) is 13.0 Å². The number of carbonyl (C=O) groups excluding carboxylic acids is 2. The van der Waals surface area contributed by atoms with E-state index in [4.69, 9.17) is 4.74 Å². The maximum absolute atomic E-state index is 13.5. The highest BCUT2D eigenvalue weighted by Gasteiger charge is 2.34. The standard InChI is InChI=1S/C20H16FN3O3/c1-12-20(26)23-16-9-14(21)5-6-17(16)24(12)19(25)11-27-18-4-2-3-13-10-22-8-7-15(13)18/h2-10,12H,11H2,1H3,(H,23,26)/t12-/m1/s1. The van der Waals surface area contributed by atoms with Gasteiger partial charge in [0.15, 0.2) is 6.61 Å². The summed E-state index contributed by atoms with van der Waals surface area (Å²) in [6, 6.07) is 10.5. The van der Waals surface area contributed by atoms with Crippen LogP contribution < -0.4 is 15.0 Å². The Balaban J connectivity index is 1.60. The van der Waals surface area contributed by atoms with Crippen LogP contribution in [-0.2, 0) is 9.59 Å². The van der Waals surface area contributed by atoms with Crippen molar-refractivity contribution in [3.05, 3.63) is 60.7 Å². The number of carbonyl (C=O) groups is 2. The maximum atomic E-state index is 13.5. The van der Waals surface area contributed by atoms with E-state index in [-0.39, 0.29) is 18.2 Å². The number of rotatable bonds is 3. The van der Waals surface area contributed by atoms with Crippen LogP contribution in [-0.4, -0.2) is 29.4 Å². The van der Waals surface area contributed by atoms with E-state index in [9.17, 15) is 14.0 Å². The SMILES string of the molecule is C[C@@H]1C(=O)Nc2cc(F)ccc2N1C(=O)COc1cccc2cnccc12. The molecule has 6 nitrogen and oxygen atoms in total. The molecule has 0 saturated heterocycles. The van der Waals surface area contributed by atoms with Crippen molar-refractivity contribution in [2.75, 3.05) is 16.8 Å². The Labute approximate surface area is 154 Å². The summed E-state index contributed by atoms with van der Waals surface area (Å²) in [5.41, 5.74) is 0.710. The van der Waals surface area contributed by atoms with Gasteiger partial charge in [-0.2, -0.15) is 0 Å². The predicted molar refractivity (Wildman–Crippen MR) is 99.2 cm³/mol. The minimum Gasteiger partial charge on any atom is -0.483 e. The van der Waals surface area contributed by atoms with Gasteiger partial charge in [0.05, 0.1) is 11.4 Å². The van der Waals surface area contributed by atoms with Gasteiger partial charge in [0.1, 0.15) is 17.6 Å². The monoisotopic (exact) mass is 365 g/mol. The molecule has 2 aromatic carbocycles. The number of hydrogen-bond acceptors (Lipinski definition) is 4. The fraction of sp³-hybridized carbons (Fsp3) is 0.150. The molecular formula is C20H16FN3O3. The topological polar surface area (TPSA) is 71.5 Å². The van der Waals surface area contributed by atoms with Crippen LogP contribution in [0.15, 0.2) is 54.9 Å². The van der Waals surface area contributed by atoms with E-state index < -0.39 is 17.8 Å². The lowest BCUT2D eigenvalue weighted by atomic mass is 10.1. The van der Waals surface area contributed by atoms with Gasteiger partial charge >= 0.3 is 0 Å². The molecule has 0 fully saturated rings. The molecule has 0 bridgehead atoms. The van der Waals surface area contributed by atoms with Crippen LogP contribution in [0, 0.1) is 5.82 Å². The van der Waals surface area contributed by atoms with Crippen LogP contribution in [0.25, 0.3) is 10.8 Å². The second-order valence-electron chi connectivity index (χ2n) is 6.23. The Hall–Kier alpha value is -3.48. The van der Waals surface area contributed by atoms with Crippen LogP contribution in [0.2, 0.25) is 0 Å². The van der Waals surface area contributed by atoms with E-state index in [2.05, 4.69) is 10.3 Å². The highest BCUT2D eigenvalue weighted by atomic mass is 19.1. The van der Waals surface area contributed by atoms with Crippen molar-refractivity contribution in [3.8, 4) is 5.75 Å². The second-order valence-corrected chi connectivity index (χ2v) is 6.23. The molecule has 0 radical (unpaired) electrons. The first-order valence-corrected chi connectivity index (χ1v) is 8.42. The third kappa shape index (κ3) is 3.08. The van der Waals surface area contributed by atoms with Gasteiger partial charge in [-0.15, -0.1) is 0 Å². The number of pyridine rings is 1. The van der Waals surface area contributed by atoms with Crippen LogP contribution in [0.5, 0.6) is 5.75 Å². The van der Waals surface area contributed by atoms with Gasteiger partial charge in [0.25, 0.3) is 5.91 Å². The molecule has 27 heavy (non-hydrogen) atoms. The van der Waals surface area contributed by atoms with Crippen molar-refractivity contribution in [1.82, 2.24) is 4.98 Å². The summed E-state index contributed by atoms with van der Waals surface area (Å²) in [4.78, 5) is 30.4. The summed E-state index contributed by atoms with van der Waals surface area (Å²) in [5, 5.41) is 4.35. The van der Waals surface area contributed by atoms with Gasteiger partial charge < -0.3 is 10.1 Å². The zero-order valence-electron chi connectivity index (χ0n) is 14.5. The maximum Gasteiger partial charge on any atom is 0.265 e. The van der Waals surface area contributed by atoms with Gasteiger partial charge in [0.2, 0.25) is 5.91 Å². The third-order valence-electron chi connectivity index (χ3n) is 4.50. The number of nitrogens with zero attached hydrogens (tertiary/aromatic N) is 2. The Kier molecular flexibility index (Phi) is 4.19. The van der Waals surface area contributed by atoms with Gasteiger partial charge in [-0.05, 0) is 37.3 Å². The highest BCUT2D eigenvalue weighted by molar-refractivity contribution is 6.12. The highest BCUT2D eigenvalue weighted by Crippen LogP contribution is 2.33. The number of benzene rings is 2. The van der Waals surface area contributed by atoms with E-state index in [0.29, 0.717) is 11.4 Å². The summed E-state index contributed by atoms with van der Waals surface area (Å²) in [6.07, 6.45) is 3.37. The van der Waals surface area contributed by atoms with Gasteiger partial charge in [-0.25, -0.2) is 4.39 Å². The first-order valence-electron chi connectivity index (χ1n) is 8.42. The third-order valence-corrected chi connectivity index (χ3v) is 4.50. The quantitative estimate of drug-likeness (QED) is 0.774. The molecule has 1 N–H and O–H groups in total. The Morgan fingerprint density at radius 1 is 1.30 bits per heavy atom. The Morgan fingerprint density at radius 3 is 3.00 bits per heavy atom. The second kappa shape index (κ2) is 6.68. The average Bonchev–Trinajstić information content (AvgIpc) is 2.67. The minimum absolute atomic E-state index is 0.254. The Bertz CT molecular complexity index is 1050. The summed E-state index contributed by atoms with van der Waals surface area (Å²) >= 11 is 0. The number of amides is 2. The van der Waals surface area contributed by atoms with E-state index in [1.165, 1.54) is 23.1 Å². The molecule has 0 aliphatic carbocycles. The number of halogens is 1. The smallest absolute Gasteiger partial charge is 0.265 e. The van der Waals surface area contributed by atoms with Gasteiger partial charge in [-0.1, -0.05) is 12.1 Å². The molecule has 4 rings (SSSR count). The fourth-order valence-corrected chi connectivity index (χ4v) is 3.16. The predicted octanol–water partition coefficient (Wildman–Crippen LogP) is 3.13. The van der Waals surface area contributed by atoms with Gasteiger partial charge in [-0.3, -0.25) is 19.5 Å². The molecule has 136 valence electrons. The zero-order chi connectivity index (χ0) is 19.0. The van der Waals surface area contributed by atoms with Crippen LogP contribution in [0.4, 0.5) is 15.8 Å². The van der Waals surface area contributed by atoms with E-state index in [1.54, 1.807) is 25.4 Å². The van der Waals surface area contributed by atoms with Crippen molar-refractivity contribution in [3.63, 3.8) is 0 Å². The largest absolute Gasteiger partial charge is 0.483 e. The minimum atomic E-state index is -0.726. The molecule has 1 aromatic heterocycles. The number of fused-ring (bicyclic) bond motifs is 2. The van der Waals surface area contributed by atoms with Crippen molar-refractivity contribution < 1.29 is 18.7 Å².